The molecule has 1 aromatic carbocycles. The van der Waals surface area contributed by atoms with Crippen LogP contribution in [-0.4, -0.2) is 62.5 Å². The molecular weight excluding hydrogens is 296 g/mol. The van der Waals surface area contributed by atoms with E-state index in [0.29, 0.717) is 37.6 Å². The lowest BCUT2D eigenvalue weighted by atomic mass is 9.96. The molecule has 0 aromatic heterocycles. The standard InChI is InChI=1S/C17H24N2O4/c1-21-15-11-19(12-17(15)6-3-8-23-17)16(20)13-4-2-5-14(10-13)22-9-7-18/h2,4-5,10,15H,3,6-9,11-12,18H2,1H3/t15-,17-/m0/s1. The Kier molecular flexibility index (Phi) is 4.84. The van der Waals surface area contributed by atoms with E-state index in [1.807, 2.05) is 17.0 Å². The maximum Gasteiger partial charge on any atom is 0.254 e. The van der Waals surface area contributed by atoms with Crippen LogP contribution in [0.5, 0.6) is 5.75 Å². The Balaban J connectivity index is 1.73. The first kappa shape index (κ1) is 16.2. The van der Waals surface area contributed by atoms with E-state index in [1.165, 1.54) is 0 Å². The zero-order chi connectivity index (χ0) is 16.3. The smallest absolute Gasteiger partial charge is 0.254 e. The number of amides is 1. The molecule has 6 nitrogen and oxygen atoms in total. The molecule has 2 heterocycles. The summed E-state index contributed by atoms with van der Waals surface area (Å²) in [4.78, 5) is 14.6. The van der Waals surface area contributed by atoms with Gasteiger partial charge < -0.3 is 24.8 Å². The number of benzene rings is 1. The third-order valence-corrected chi connectivity index (χ3v) is 4.60. The minimum Gasteiger partial charge on any atom is -0.492 e. The number of hydrogen-bond acceptors (Lipinski definition) is 5. The molecule has 0 bridgehead atoms. The summed E-state index contributed by atoms with van der Waals surface area (Å²) in [6, 6.07) is 7.22. The molecule has 1 spiro atoms. The third kappa shape index (κ3) is 3.20. The number of ether oxygens (including phenoxy) is 3. The van der Waals surface area contributed by atoms with Crippen molar-refractivity contribution in [3.05, 3.63) is 29.8 Å². The summed E-state index contributed by atoms with van der Waals surface area (Å²) < 4.78 is 17.0. The maximum atomic E-state index is 12.8. The van der Waals surface area contributed by atoms with E-state index in [0.717, 1.165) is 19.4 Å². The molecule has 1 amide bonds. The van der Waals surface area contributed by atoms with E-state index in [-0.39, 0.29) is 17.6 Å². The van der Waals surface area contributed by atoms with Crippen LogP contribution >= 0.6 is 0 Å². The van der Waals surface area contributed by atoms with Crippen molar-refractivity contribution in [3.63, 3.8) is 0 Å². The maximum absolute atomic E-state index is 12.8. The summed E-state index contributed by atoms with van der Waals surface area (Å²) in [5.74, 6) is 0.647. The summed E-state index contributed by atoms with van der Waals surface area (Å²) in [5, 5.41) is 0. The van der Waals surface area contributed by atoms with Crippen LogP contribution in [0.15, 0.2) is 24.3 Å². The number of nitrogens with zero attached hydrogens (tertiary/aromatic N) is 1. The van der Waals surface area contributed by atoms with Gasteiger partial charge in [-0.2, -0.15) is 0 Å². The first-order chi connectivity index (χ1) is 11.2. The lowest BCUT2D eigenvalue weighted by Gasteiger charge is -2.27. The van der Waals surface area contributed by atoms with Crippen LogP contribution in [0.2, 0.25) is 0 Å². The molecule has 23 heavy (non-hydrogen) atoms. The molecule has 2 saturated heterocycles. The average molecular weight is 320 g/mol. The highest BCUT2D eigenvalue weighted by Gasteiger charge is 2.51. The predicted molar refractivity (Wildman–Crippen MR) is 85.6 cm³/mol. The highest BCUT2D eigenvalue weighted by atomic mass is 16.6. The average Bonchev–Trinajstić information content (AvgIpc) is 3.20. The van der Waals surface area contributed by atoms with Crippen molar-refractivity contribution in [1.29, 1.82) is 0 Å². The molecule has 0 aliphatic carbocycles. The zero-order valence-electron chi connectivity index (χ0n) is 13.5. The summed E-state index contributed by atoms with van der Waals surface area (Å²) >= 11 is 0. The molecule has 2 N–H and O–H groups in total. The Hall–Kier alpha value is -1.63. The topological polar surface area (TPSA) is 74.0 Å². The lowest BCUT2D eigenvalue weighted by Crippen LogP contribution is -2.42. The van der Waals surface area contributed by atoms with Crippen LogP contribution in [0.3, 0.4) is 0 Å². The number of hydrogen-bond donors (Lipinski definition) is 1. The molecule has 126 valence electrons. The largest absolute Gasteiger partial charge is 0.492 e. The molecule has 1 aromatic rings. The van der Waals surface area contributed by atoms with Gasteiger partial charge in [-0.25, -0.2) is 0 Å². The molecule has 2 atom stereocenters. The molecule has 0 unspecified atom stereocenters. The van der Waals surface area contributed by atoms with Crippen molar-refractivity contribution in [1.82, 2.24) is 4.90 Å². The zero-order valence-corrected chi connectivity index (χ0v) is 13.5. The molecule has 0 saturated carbocycles. The Morgan fingerprint density at radius 3 is 3.09 bits per heavy atom. The molecule has 3 rings (SSSR count). The number of carbonyl (C=O) groups is 1. The Bertz CT molecular complexity index is 557. The fraction of sp³-hybridized carbons (Fsp3) is 0.588. The Labute approximate surface area is 136 Å². The summed E-state index contributed by atoms with van der Waals surface area (Å²) in [6.45, 7) is 2.76. The van der Waals surface area contributed by atoms with Gasteiger partial charge in [-0.05, 0) is 31.0 Å². The van der Waals surface area contributed by atoms with E-state index in [9.17, 15) is 4.79 Å². The molecule has 0 radical (unpaired) electrons. The van der Waals surface area contributed by atoms with Gasteiger partial charge >= 0.3 is 0 Å². The molecular formula is C17H24N2O4. The van der Waals surface area contributed by atoms with E-state index in [4.69, 9.17) is 19.9 Å². The van der Waals surface area contributed by atoms with Crippen LogP contribution in [0.4, 0.5) is 0 Å². The highest BCUT2D eigenvalue weighted by Crippen LogP contribution is 2.37. The molecule has 6 heteroatoms. The lowest BCUT2D eigenvalue weighted by molar-refractivity contribution is -0.0754. The van der Waals surface area contributed by atoms with Gasteiger partial charge in [-0.15, -0.1) is 0 Å². The molecule has 2 aliphatic heterocycles. The van der Waals surface area contributed by atoms with Crippen molar-refractivity contribution >= 4 is 5.91 Å². The van der Waals surface area contributed by atoms with Crippen LogP contribution in [0.1, 0.15) is 23.2 Å². The quantitative estimate of drug-likeness (QED) is 0.877. The number of rotatable bonds is 5. The van der Waals surface area contributed by atoms with Gasteiger partial charge in [0.25, 0.3) is 5.91 Å². The third-order valence-electron chi connectivity index (χ3n) is 4.60. The van der Waals surface area contributed by atoms with E-state index < -0.39 is 0 Å². The van der Waals surface area contributed by atoms with Crippen molar-refractivity contribution < 1.29 is 19.0 Å². The first-order valence-corrected chi connectivity index (χ1v) is 8.07. The first-order valence-electron chi connectivity index (χ1n) is 8.07. The van der Waals surface area contributed by atoms with Gasteiger partial charge in [0.15, 0.2) is 0 Å². The molecule has 2 aliphatic rings. The predicted octanol–water partition coefficient (Wildman–Crippen LogP) is 1.04. The monoisotopic (exact) mass is 320 g/mol. The van der Waals surface area contributed by atoms with Crippen LogP contribution in [0, 0.1) is 0 Å². The van der Waals surface area contributed by atoms with Gasteiger partial charge in [-0.3, -0.25) is 4.79 Å². The summed E-state index contributed by atoms with van der Waals surface area (Å²) in [6.07, 6.45) is 1.89. The minimum absolute atomic E-state index is 0.0161. The van der Waals surface area contributed by atoms with Crippen molar-refractivity contribution in [3.8, 4) is 5.75 Å². The number of nitrogens with two attached hydrogens (primary N) is 1. The fourth-order valence-electron chi connectivity index (χ4n) is 3.48. The highest BCUT2D eigenvalue weighted by molar-refractivity contribution is 5.95. The van der Waals surface area contributed by atoms with E-state index in [2.05, 4.69) is 0 Å². The fourth-order valence-corrected chi connectivity index (χ4v) is 3.48. The summed E-state index contributed by atoms with van der Waals surface area (Å²) in [7, 11) is 1.68. The summed E-state index contributed by atoms with van der Waals surface area (Å²) in [5.41, 5.74) is 5.72. The van der Waals surface area contributed by atoms with Gasteiger partial charge in [-0.1, -0.05) is 6.07 Å². The van der Waals surface area contributed by atoms with Crippen molar-refractivity contribution in [2.45, 2.75) is 24.5 Å². The molecule has 2 fully saturated rings. The second kappa shape index (κ2) is 6.86. The number of carbonyl (C=O) groups excluding carboxylic acids is 1. The number of likely N-dealkylation sites (tertiary alicyclic amines) is 1. The minimum atomic E-state index is -0.335. The van der Waals surface area contributed by atoms with Crippen LogP contribution in [0.25, 0.3) is 0 Å². The van der Waals surface area contributed by atoms with Crippen LogP contribution < -0.4 is 10.5 Å². The van der Waals surface area contributed by atoms with E-state index in [1.54, 1.807) is 19.2 Å². The van der Waals surface area contributed by atoms with Gasteiger partial charge in [0.2, 0.25) is 0 Å². The Morgan fingerprint density at radius 1 is 1.52 bits per heavy atom. The van der Waals surface area contributed by atoms with Crippen molar-refractivity contribution in [2.75, 3.05) is 40.0 Å². The van der Waals surface area contributed by atoms with Gasteiger partial charge in [0.05, 0.1) is 13.1 Å². The van der Waals surface area contributed by atoms with Crippen molar-refractivity contribution in [2.24, 2.45) is 5.73 Å². The normalized spacial score (nSPS) is 26.9. The second-order valence-electron chi connectivity index (χ2n) is 6.09. The second-order valence-corrected chi connectivity index (χ2v) is 6.09. The van der Waals surface area contributed by atoms with Gasteiger partial charge in [0.1, 0.15) is 24.1 Å². The van der Waals surface area contributed by atoms with Crippen LogP contribution in [-0.2, 0) is 9.47 Å². The SMILES string of the molecule is CO[C@H]1CN(C(=O)c2cccc(OCCN)c2)C[C@@]12CCCO2. The Morgan fingerprint density at radius 2 is 2.39 bits per heavy atom. The number of methoxy groups -OCH3 is 1. The van der Waals surface area contributed by atoms with E-state index >= 15 is 0 Å². The van der Waals surface area contributed by atoms with Gasteiger partial charge in [0, 0.05) is 25.8 Å².